The fourth-order valence-corrected chi connectivity index (χ4v) is 3.92. The topological polar surface area (TPSA) is 94.6 Å². The number of aryl methyl sites for hydroxylation is 1. The summed E-state index contributed by atoms with van der Waals surface area (Å²) in [6, 6.07) is 4.23. The van der Waals surface area contributed by atoms with Gasteiger partial charge in [0.15, 0.2) is 0 Å². The highest BCUT2D eigenvalue weighted by Crippen LogP contribution is 2.22. The van der Waals surface area contributed by atoms with Gasteiger partial charge in [0.1, 0.15) is 5.82 Å². The number of pyridine rings is 1. The van der Waals surface area contributed by atoms with Crippen LogP contribution in [0.25, 0.3) is 0 Å². The molecule has 3 N–H and O–H groups in total. The van der Waals surface area contributed by atoms with Gasteiger partial charge in [-0.1, -0.05) is 12.5 Å². The van der Waals surface area contributed by atoms with Gasteiger partial charge in [0.2, 0.25) is 5.91 Å². The Balaban J connectivity index is 1.45. The molecule has 1 saturated heterocycles. The normalized spacial score (nSPS) is 21.8. The zero-order valence-corrected chi connectivity index (χ0v) is 16.0. The van der Waals surface area contributed by atoms with E-state index in [1.807, 2.05) is 11.0 Å². The molecular formula is C20H30N4O3. The van der Waals surface area contributed by atoms with E-state index in [0.29, 0.717) is 19.5 Å². The van der Waals surface area contributed by atoms with Crippen LogP contribution in [0.3, 0.4) is 0 Å². The predicted molar refractivity (Wildman–Crippen MR) is 104 cm³/mol. The van der Waals surface area contributed by atoms with Gasteiger partial charge in [-0.25, -0.2) is 4.98 Å². The first-order valence-electron chi connectivity index (χ1n) is 10.0. The highest BCUT2D eigenvalue weighted by molar-refractivity contribution is 5.84. The fraction of sp³-hybridized carbons (Fsp3) is 0.650. The van der Waals surface area contributed by atoms with E-state index in [1.54, 1.807) is 0 Å². The Hall–Kier alpha value is -2.15. The Morgan fingerprint density at radius 2 is 2.22 bits per heavy atom. The van der Waals surface area contributed by atoms with Crippen molar-refractivity contribution in [3.8, 4) is 0 Å². The number of carboxylic acid groups (broad SMARTS) is 1. The molecule has 27 heavy (non-hydrogen) atoms. The van der Waals surface area contributed by atoms with Crippen molar-refractivity contribution in [1.29, 1.82) is 0 Å². The van der Waals surface area contributed by atoms with Crippen LogP contribution in [-0.2, 0) is 22.6 Å². The first kappa shape index (κ1) is 19.6. The Kier molecular flexibility index (Phi) is 6.66. The number of unbranched alkanes of at least 4 members (excludes halogenated alkanes) is 2. The third-order valence-electron chi connectivity index (χ3n) is 5.46. The number of carboxylic acids is 1. The van der Waals surface area contributed by atoms with Gasteiger partial charge in [-0.05, 0) is 50.7 Å². The molecule has 0 aliphatic carbocycles. The summed E-state index contributed by atoms with van der Waals surface area (Å²) in [6.45, 7) is 4.35. The standard InChI is InChI=1S/C20H30N4O3/c1-14-12-17(20(27)24(14)11-4-2-3-7-18(25)26)22-13-16-9-8-15-6-5-10-21-19(15)23-16/h8-9,14,17,22H,2-7,10-13H2,1H3,(H,21,23)(H,25,26). The summed E-state index contributed by atoms with van der Waals surface area (Å²) in [5.74, 6) is 0.377. The molecule has 0 radical (unpaired) electrons. The molecule has 2 aliphatic heterocycles. The molecule has 3 heterocycles. The minimum absolute atomic E-state index is 0.150. The van der Waals surface area contributed by atoms with Crippen molar-refractivity contribution >= 4 is 17.7 Å². The Morgan fingerprint density at radius 3 is 3.04 bits per heavy atom. The smallest absolute Gasteiger partial charge is 0.303 e. The van der Waals surface area contributed by atoms with E-state index in [2.05, 4.69) is 28.6 Å². The van der Waals surface area contributed by atoms with Crippen LogP contribution in [0.1, 0.15) is 56.7 Å². The zero-order valence-electron chi connectivity index (χ0n) is 16.0. The lowest BCUT2D eigenvalue weighted by Gasteiger charge is -2.21. The number of nitrogens with one attached hydrogen (secondary N) is 2. The highest BCUT2D eigenvalue weighted by atomic mass is 16.4. The zero-order chi connectivity index (χ0) is 19.2. The van der Waals surface area contributed by atoms with E-state index in [4.69, 9.17) is 5.11 Å². The van der Waals surface area contributed by atoms with Crippen LogP contribution in [0.2, 0.25) is 0 Å². The Labute approximate surface area is 160 Å². The van der Waals surface area contributed by atoms with Gasteiger partial charge < -0.3 is 20.6 Å². The summed E-state index contributed by atoms with van der Waals surface area (Å²) in [5.41, 5.74) is 2.22. The van der Waals surface area contributed by atoms with E-state index in [-0.39, 0.29) is 24.4 Å². The maximum absolute atomic E-state index is 12.7. The maximum Gasteiger partial charge on any atom is 0.303 e. The largest absolute Gasteiger partial charge is 0.481 e. The number of amides is 1. The first-order valence-corrected chi connectivity index (χ1v) is 10.0. The Bertz CT molecular complexity index is 679. The van der Waals surface area contributed by atoms with Crippen LogP contribution in [0, 0.1) is 0 Å². The minimum atomic E-state index is -0.754. The van der Waals surface area contributed by atoms with Crippen molar-refractivity contribution in [2.24, 2.45) is 0 Å². The third-order valence-corrected chi connectivity index (χ3v) is 5.46. The number of anilines is 1. The third kappa shape index (κ3) is 5.19. The first-order chi connectivity index (χ1) is 13.0. The summed E-state index contributed by atoms with van der Waals surface area (Å²) in [6.07, 6.45) is 5.59. The van der Waals surface area contributed by atoms with Crippen molar-refractivity contribution in [3.05, 3.63) is 23.4 Å². The molecule has 0 aromatic carbocycles. The second kappa shape index (κ2) is 9.17. The number of aromatic nitrogens is 1. The van der Waals surface area contributed by atoms with Crippen LogP contribution in [-0.4, -0.2) is 52.0 Å². The average molecular weight is 374 g/mol. The van der Waals surface area contributed by atoms with E-state index in [9.17, 15) is 9.59 Å². The van der Waals surface area contributed by atoms with Crippen molar-refractivity contribution in [2.45, 2.75) is 70.5 Å². The lowest BCUT2D eigenvalue weighted by molar-refractivity contribution is -0.137. The van der Waals surface area contributed by atoms with Crippen LogP contribution >= 0.6 is 0 Å². The number of likely N-dealkylation sites (tertiary alicyclic amines) is 1. The van der Waals surface area contributed by atoms with Gasteiger partial charge in [-0.2, -0.15) is 0 Å². The molecule has 0 saturated carbocycles. The summed E-state index contributed by atoms with van der Waals surface area (Å²) in [5, 5.41) is 15.4. The lowest BCUT2D eigenvalue weighted by atomic mass is 10.1. The summed E-state index contributed by atoms with van der Waals surface area (Å²) < 4.78 is 0. The minimum Gasteiger partial charge on any atom is -0.481 e. The predicted octanol–water partition coefficient (Wildman–Crippen LogP) is 2.16. The lowest BCUT2D eigenvalue weighted by Crippen LogP contribution is -2.39. The molecular weight excluding hydrogens is 344 g/mol. The summed E-state index contributed by atoms with van der Waals surface area (Å²) in [7, 11) is 0. The van der Waals surface area contributed by atoms with E-state index >= 15 is 0 Å². The van der Waals surface area contributed by atoms with Crippen molar-refractivity contribution in [1.82, 2.24) is 15.2 Å². The van der Waals surface area contributed by atoms with Gasteiger partial charge in [0, 0.05) is 32.1 Å². The molecule has 148 valence electrons. The molecule has 3 rings (SSSR count). The molecule has 7 heteroatoms. The number of fused-ring (bicyclic) bond motifs is 1. The van der Waals surface area contributed by atoms with Crippen LogP contribution < -0.4 is 10.6 Å². The fourth-order valence-electron chi connectivity index (χ4n) is 3.92. The van der Waals surface area contributed by atoms with Gasteiger partial charge in [-0.3, -0.25) is 9.59 Å². The maximum atomic E-state index is 12.7. The monoisotopic (exact) mass is 374 g/mol. The number of aliphatic carboxylic acids is 1. The summed E-state index contributed by atoms with van der Waals surface area (Å²) >= 11 is 0. The van der Waals surface area contributed by atoms with Crippen LogP contribution in [0.4, 0.5) is 5.82 Å². The second-order valence-corrected chi connectivity index (χ2v) is 7.59. The molecule has 0 spiro atoms. The highest BCUT2D eigenvalue weighted by Gasteiger charge is 2.36. The number of rotatable bonds is 9. The van der Waals surface area contributed by atoms with Crippen LogP contribution in [0.5, 0.6) is 0 Å². The molecule has 1 amide bonds. The molecule has 1 aromatic heterocycles. The average Bonchev–Trinajstić information content (AvgIpc) is 2.93. The van der Waals surface area contributed by atoms with Gasteiger partial charge >= 0.3 is 5.97 Å². The van der Waals surface area contributed by atoms with Gasteiger partial charge in [0.25, 0.3) is 0 Å². The summed E-state index contributed by atoms with van der Waals surface area (Å²) in [4.78, 5) is 29.8. The molecule has 0 bridgehead atoms. The van der Waals surface area contributed by atoms with Gasteiger partial charge in [0.05, 0.1) is 11.7 Å². The molecule has 1 fully saturated rings. The number of hydrogen-bond acceptors (Lipinski definition) is 5. The van der Waals surface area contributed by atoms with E-state index in [0.717, 1.165) is 50.2 Å². The van der Waals surface area contributed by atoms with Crippen molar-refractivity contribution in [2.75, 3.05) is 18.4 Å². The Morgan fingerprint density at radius 1 is 1.37 bits per heavy atom. The second-order valence-electron chi connectivity index (χ2n) is 7.59. The quantitative estimate of drug-likeness (QED) is 0.574. The van der Waals surface area contributed by atoms with Crippen molar-refractivity contribution < 1.29 is 14.7 Å². The molecule has 2 aliphatic rings. The van der Waals surface area contributed by atoms with Crippen LogP contribution in [0.15, 0.2) is 12.1 Å². The number of nitrogens with zero attached hydrogens (tertiary/aromatic N) is 2. The van der Waals surface area contributed by atoms with E-state index < -0.39 is 5.97 Å². The number of carbonyl (C=O) groups is 2. The van der Waals surface area contributed by atoms with E-state index in [1.165, 1.54) is 5.56 Å². The molecule has 2 atom stereocenters. The molecule has 7 nitrogen and oxygen atoms in total. The SMILES string of the molecule is CC1CC(NCc2ccc3c(n2)NCCC3)C(=O)N1CCCCCC(=O)O. The molecule has 2 unspecified atom stereocenters. The molecule has 1 aromatic rings. The number of hydrogen-bond donors (Lipinski definition) is 3. The number of carbonyl (C=O) groups excluding carboxylic acids is 1. The van der Waals surface area contributed by atoms with Gasteiger partial charge in [-0.15, -0.1) is 0 Å². The van der Waals surface area contributed by atoms with Crippen molar-refractivity contribution in [3.63, 3.8) is 0 Å².